The van der Waals surface area contributed by atoms with Crippen molar-refractivity contribution in [1.82, 2.24) is 4.90 Å². The van der Waals surface area contributed by atoms with Gasteiger partial charge in [-0.05, 0) is 74.9 Å². The van der Waals surface area contributed by atoms with Gasteiger partial charge >= 0.3 is 6.09 Å². The highest BCUT2D eigenvalue weighted by atomic mass is 32.1. The maximum absolute atomic E-state index is 12.1. The molecule has 1 aliphatic carbocycles. The van der Waals surface area contributed by atoms with E-state index in [2.05, 4.69) is 47.6 Å². The third kappa shape index (κ3) is 4.01. The van der Waals surface area contributed by atoms with E-state index in [0.29, 0.717) is 0 Å². The van der Waals surface area contributed by atoms with Crippen LogP contribution in [0, 0.1) is 0 Å². The quantitative estimate of drug-likeness (QED) is 0.746. The first-order valence-corrected chi connectivity index (χ1v) is 10.9. The molecule has 2 heterocycles. The number of piperidine rings is 1. The van der Waals surface area contributed by atoms with Gasteiger partial charge < -0.3 is 9.64 Å². The van der Waals surface area contributed by atoms with Crippen LogP contribution in [0.15, 0.2) is 35.9 Å². The number of hydrogen-bond donors (Lipinski definition) is 1. The molecule has 2 aromatic rings. The number of anilines is 1. The molecule has 0 unspecified atom stereocenters. The van der Waals surface area contributed by atoms with Crippen molar-refractivity contribution in [2.24, 2.45) is 0 Å². The lowest BCUT2D eigenvalue weighted by molar-refractivity contribution is 0.130. The predicted octanol–water partition coefficient (Wildman–Crippen LogP) is 5.33. The number of thiophene rings is 1. The van der Waals surface area contributed by atoms with Gasteiger partial charge in [0.2, 0.25) is 0 Å². The van der Waals surface area contributed by atoms with Gasteiger partial charge in [0.25, 0.3) is 0 Å². The lowest BCUT2D eigenvalue weighted by atomic mass is 9.88. The maximum Gasteiger partial charge on any atom is 0.412 e. The number of aryl methyl sites for hydroxylation is 2. The molecule has 4 rings (SSSR count). The van der Waals surface area contributed by atoms with Gasteiger partial charge in [-0.3, -0.25) is 5.32 Å². The van der Waals surface area contributed by atoms with E-state index < -0.39 is 0 Å². The van der Waals surface area contributed by atoms with Gasteiger partial charge in [0, 0.05) is 18.0 Å². The highest BCUT2D eigenvalue weighted by Crippen LogP contribution is 2.43. The average Bonchev–Trinajstić information content (AvgIpc) is 2.97. The second-order valence-electron chi connectivity index (χ2n) is 7.97. The van der Waals surface area contributed by atoms with Gasteiger partial charge in [0.05, 0.1) is 11.1 Å². The number of carbonyl (C=O) groups is 1. The van der Waals surface area contributed by atoms with Crippen LogP contribution < -0.4 is 5.32 Å². The molecule has 2 aliphatic rings. The standard InChI is InChI=1S/C23H28N2O2S/c1-15(2)27-23(26)24-21-14-19-20(28-21)9-8-16-6-4-5-7-18(16)22(19)17-10-12-25(3)13-11-17/h4-7,14-15H,8-13H2,1-3H3,(H,24,26). The van der Waals surface area contributed by atoms with E-state index in [4.69, 9.17) is 4.74 Å². The van der Waals surface area contributed by atoms with Gasteiger partial charge in [0.1, 0.15) is 0 Å². The summed E-state index contributed by atoms with van der Waals surface area (Å²) in [5, 5.41) is 3.81. The predicted molar refractivity (Wildman–Crippen MR) is 116 cm³/mol. The number of nitrogens with zero attached hydrogens (tertiary/aromatic N) is 1. The van der Waals surface area contributed by atoms with Gasteiger partial charge in [-0.1, -0.05) is 29.8 Å². The van der Waals surface area contributed by atoms with Crippen molar-refractivity contribution in [3.05, 3.63) is 57.5 Å². The molecule has 1 aliphatic heterocycles. The molecule has 1 aromatic carbocycles. The SMILES string of the molecule is CC(C)OC(=O)Nc1cc2c(s1)CCc1ccccc1C2=C1CCN(C)CC1. The third-order valence-electron chi connectivity index (χ3n) is 5.50. The van der Waals surface area contributed by atoms with Gasteiger partial charge in [-0.2, -0.15) is 0 Å². The molecule has 5 heteroatoms. The van der Waals surface area contributed by atoms with Crippen LogP contribution >= 0.6 is 11.3 Å². The summed E-state index contributed by atoms with van der Waals surface area (Å²) < 4.78 is 5.26. The van der Waals surface area contributed by atoms with Crippen molar-refractivity contribution in [2.75, 3.05) is 25.5 Å². The number of rotatable bonds is 2. The lowest BCUT2D eigenvalue weighted by Crippen LogP contribution is -2.27. The van der Waals surface area contributed by atoms with Crippen molar-refractivity contribution < 1.29 is 9.53 Å². The Labute approximate surface area is 171 Å². The molecule has 1 fully saturated rings. The number of fused-ring (bicyclic) bond motifs is 2. The van der Waals surface area contributed by atoms with E-state index in [0.717, 1.165) is 43.8 Å². The Hall–Kier alpha value is -2.11. The van der Waals surface area contributed by atoms with Crippen molar-refractivity contribution in [3.8, 4) is 0 Å². The molecule has 1 amide bonds. The number of benzene rings is 1. The molecule has 1 saturated heterocycles. The molecule has 1 N–H and O–H groups in total. The number of likely N-dealkylation sites (tertiary alicyclic amines) is 1. The van der Waals surface area contributed by atoms with Crippen LogP contribution in [0.4, 0.5) is 9.80 Å². The van der Waals surface area contributed by atoms with Crippen LogP contribution in [0.2, 0.25) is 0 Å². The lowest BCUT2D eigenvalue weighted by Gasteiger charge is -2.27. The summed E-state index contributed by atoms with van der Waals surface area (Å²) >= 11 is 1.69. The molecule has 0 radical (unpaired) electrons. The highest BCUT2D eigenvalue weighted by molar-refractivity contribution is 7.16. The molecule has 4 nitrogen and oxygen atoms in total. The number of ether oxygens (including phenoxy) is 1. The van der Waals surface area contributed by atoms with E-state index in [-0.39, 0.29) is 12.2 Å². The Morgan fingerprint density at radius 1 is 1.11 bits per heavy atom. The number of carbonyl (C=O) groups excluding carboxylic acids is 1. The molecule has 28 heavy (non-hydrogen) atoms. The summed E-state index contributed by atoms with van der Waals surface area (Å²) in [5.41, 5.74) is 7.05. The molecule has 0 bridgehead atoms. The second-order valence-corrected chi connectivity index (χ2v) is 9.10. The first-order chi connectivity index (χ1) is 13.5. The van der Waals surface area contributed by atoms with Crippen molar-refractivity contribution in [2.45, 2.75) is 45.6 Å². The molecular formula is C23H28N2O2S. The van der Waals surface area contributed by atoms with E-state index in [1.54, 1.807) is 16.9 Å². The normalized spacial score (nSPS) is 17.1. The zero-order chi connectivity index (χ0) is 19.7. The molecule has 148 valence electrons. The van der Waals surface area contributed by atoms with E-state index >= 15 is 0 Å². The minimum Gasteiger partial charge on any atom is -0.447 e. The Morgan fingerprint density at radius 3 is 2.61 bits per heavy atom. The largest absolute Gasteiger partial charge is 0.447 e. The van der Waals surface area contributed by atoms with Crippen LogP contribution in [-0.2, 0) is 17.6 Å². The Morgan fingerprint density at radius 2 is 1.86 bits per heavy atom. The summed E-state index contributed by atoms with van der Waals surface area (Å²) in [7, 11) is 2.20. The molecule has 0 spiro atoms. The first-order valence-electron chi connectivity index (χ1n) is 10.1. The van der Waals surface area contributed by atoms with E-state index in [1.807, 2.05) is 13.8 Å². The molecule has 0 saturated carbocycles. The van der Waals surface area contributed by atoms with Crippen LogP contribution in [-0.4, -0.2) is 37.2 Å². The summed E-state index contributed by atoms with van der Waals surface area (Å²) in [6.07, 6.45) is 3.76. The molecule has 1 aromatic heterocycles. The maximum atomic E-state index is 12.1. The topological polar surface area (TPSA) is 41.6 Å². The minimum atomic E-state index is -0.375. The smallest absolute Gasteiger partial charge is 0.412 e. The molecular weight excluding hydrogens is 368 g/mol. The highest BCUT2D eigenvalue weighted by Gasteiger charge is 2.25. The number of amides is 1. The number of hydrogen-bond acceptors (Lipinski definition) is 4. The van der Waals surface area contributed by atoms with Crippen molar-refractivity contribution >= 4 is 28.0 Å². The zero-order valence-corrected chi connectivity index (χ0v) is 17.7. The Kier molecular flexibility index (Phi) is 5.56. The monoisotopic (exact) mass is 396 g/mol. The minimum absolute atomic E-state index is 0.124. The van der Waals surface area contributed by atoms with Crippen LogP contribution in [0.25, 0.3) is 5.57 Å². The second kappa shape index (κ2) is 8.10. The van der Waals surface area contributed by atoms with Crippen LogP contribution in [0.3, 0.4) is 0 Å². The Balaban J connectivity index is 1.75. The molecule has 0 atom stereocenters. The summed E-state index contributed by atoms with van der Waals surface area (Å²) in [6.45, 7) is 5.93. The fourth-order valence-electron chi connectivity index (χ4n) is 4.13. The Bertz CT molecular complexity index is 903. The van der Waals surface area contributed by atoms with Crippen LogP contribution in [0.5, 0.6) is 0 Å². The third-order valence-corrected chi connectivity index (χ3v) is 6.61. The van der Waals surface area contributed by atoms with Gasteiger partial charge in [-0.25, -0.2) is 4.79 Å². The fraction of sp³-hybridized carbons (Fsp3) is 0.435. The fourth-order valence-corrected chi connectivity index (χ4v) is 5.18. The summed E-state index contributed by atoms with van der Waals surface area (Å²) in [6, 6.07) is 11.0. The summed E-state index contributed by atoms with van der Waals surface area (Å²) in [5.74, 6) is 0. The number of nitrogens with one attached hydrogen (secondary N) is 1. The average molecular weight is 397 g/mol. The van der Waals surface area contributed by atoms with E-state index in [9.17, 15) is 4.79 Å². The van der Waals surface area contributed by atoms with Crippen LogP contribution in [0.1, 0.15) is 48.3 Å². The van der Waals surface area contributed by atoms with Gasteiger partial charge in [0.15, 0.2) is 0 Å². The van der Waals surface area contributed by atoms with E-state index in [1.165, 1.54) is 27.1 Å². The zero-order valence-electron chi connectivity index (χ0n) is 16.9. The van der Waals surface area contributed by atoms with Crippen molar-refractivity contribution in [3.63, 3.8) is 0 Å². The first kappa shape index (κ1) is 19.2. The summed E-state index contributed by atoms with van der Waals surface area (Å²) in [4.78, 5) is 15.8. The van der Waals surface area contributed by atoms with Gasteiger partial charge in [-0.15, -0.1) is 11.3 Å². The van der Waals surface area contributed by atoms with Crippen molar-refractivity contribution in [1.29, 1.82) is 0 Å².